The predicted molar refractivity (Wildman–Crippen MR) is 55.7 cm³/mol. The van der Waals surface area contributed by atoms with Crippen molar-refractivity contribution in [2.75, 3.05) is 5.32 Å². The van der Waals surface area contributed by atoms with Crippen LogP contribution in [0.15, 0.2) is 0 Å². The van der Waals surface area contributed by atoms with Crippen molar-refractivity contribution in [2.24, 2.45) is 0 Å². The molecular formula is C9H10N2O3S. The molecule has 0 aliphatic heterocycles. The quantitative estimate of drug-likeness (QED) is 0.762. The number of hydrogen-bond donors (Lipinski definition) is 2. The Bertz CT molecular complexity index is 391. The van der Waals surface area contributed by atoms with E-state index in [2.05, 4.69) is 10.3 Å². The van der Waals surface area contributed by atoms with E-state index in [4.69, 9.17) is 5.11 Å². The van der Waals surface area contributed by atoms with Gasteiger partial charge in [-0.25, -0.2) is 9.78 Å². The number of hydrogen-bond acceptors (Lipinski definition) is 5. The average Bonchev–Trinajstić information content (AvgIpc) is 2.81. The lowest BCUT2D eigenvalue weighted by Crippen LogP contribution is -2.04. The first-order valence-electron chi connectivity index (χ1n) is 4.59. The molecule has 0 aromatic carbocycles. The molecule has 1 aliphatic rings. The molecule has 1 aliphatic carbocycles. The second-order valence-electron chi connectivity index (χ2n) is 3.48. The average molecular weight is 226 g/mol. The molecule has 2 N–H and O–H groups in total. The van der Waals surface area contributed by atoms with E-state index < -0.39 is 5.97 Å². The number of carboxylic acid groups (broad SMARTS) is 1. The Morgan fingerprint density at radius 3 is 2.60 bits per heavy atom. The highest BCUT2D eigenvalue weighted by Crippen LogP contribution is 2.29. The SMILES string of the molecule is CC(=O)c1sc(NC2CC2)nc1C(=O)O. The van der Waals surface area contributed by atoms with Gasteiger partial charge in [0.25, 0.3) is 0 Å². The lowest BCUT2D eigenvalue weighted by Gasteiger charge is -1.95. The molecule has 0 unspecified atom stereocenters. The van der Waals surface area contributed by atoms with Crippen molar-refractivity contribution < 1.29 is 14.7 Å². The van der Waals surface area contributed by atoms with Crippen LogP contribution in [0.4, 0.5) is 5.13 Å². The third kappa shape index (κ3) is 2.15. The summed E-state index contributed by atoms with van der Waals surface area (Å²) in [6.07, 6.45) is 2.16. The van der Waals surface area contributed by atoms with Crippen molar-refractivity contribution in [3.05, 3.63) is 10.6 Å². The highest BCUT2D eigenvalue weighted by molar-refractivity contribution is 7.17. The number of nitrogens with one attached hydrogen (secondary N) is 1. The van der Waals surface area contributed by atoms with Crippen LogP contribution in [0.25, 0.3) is 0 Å². The van der Waals surface area contributed by atoms with Gasteiger partial charge >= 0.3 is 5.97 Å². The Kier molecular flexibility index (Phi) is 2.44. The number of Topliss-reactive ketones (excluding diaryl/α,β-unsaturated/α-hetero) is 1. The second kappa shape index (κ2) is 3.62. The number of thiazole rings is 1. The summed E-state index contributed by atoms with van der Waals surface area (Å²) in [5, 5.41) is 12.4. The van der Waals surface area contributed by atoms with Crippen LogP contribution in [0, 0.1) is 0 Å². The second-order valence-corrected chi connectivity index (χ2v) is 4.48. The van der Waals surface area contributed by atoms with Gasteiger partial charge in [0.2, 0.25) is 0 Å². The van der Waals surface area contributed by atoms with Crippen LogP contribution in [0.2, 0.25) is 0 Å². The monoisotopic (exact) mass is 226 g/mol. The van der Waals surface area contributed by atoms with Gasteiger partial charge in [0.1, 0.15) is 4.88 Å². The van der Waals surface area contributed by atoms with E-state index in [1.165, 1.54) is 6.92 Å². The van der Waals surface area contributed by atoms with Gasteiger partial charge in [-0.1, -0.05) is 11.3 Å². The predicted octanol–water partition coefficient (Wildman–Crippen LogP) is 1.62. The molecule has 1 aromatic rings. The zero-order valence-corrected chi connectivity index (χ0v) is 8.93. The molecule has 0 bridgehead atoms. The fourth-order valence-electron chi connectivity index (χ4n) is 1.17. The summed E-state index contributed by atoms with van der Waals surface area (Å²) >= 11 is 1.11. The summed E-state index contributed by atoms with van der Waals surface area (Å²) in [6.45, 7) is 1.35. The van der Waals surface area contributed by atoms with Gasteiger partial charge in [0.15, 0.2) is 16.6 Å². The number of rotatable bonds is 4. The third-order valence-electron chi connectivity index (χ3n) is 2.05. The number of nitrogens with zero attached hydrogens (tertiary/aromatic N) is 1. The van der Waals surface area contributed by atoms with Crippen molar-refractivity contribution in [1.29, 1.82) is 0 Å². The van der Waals surface area contributed by atoms with Crippen molar-refractivity contribution in [1.82, 2.24) is 4.98 Å². The molecule has 0 radical (unpaired) electrons. The van der Waals surface area contributed by atoms with Gasteiger partial charge < -0.3 is 10.4 Å². The van der Waals surface area contributed by atoms with E-state index in [0.29, 0.717) is 11.2 Å². The zero-order chi connectivity index (χ0) is 11.0. The first-order chi connectivity index (χ1) is 7.08. The van der Waals surface area contributed by atoms with Gasteiger partial charge in [-0.3, -0.25) is 4.79 Å². The molecule has 6 heteroatoms. The van der Waals surface area contributed by atoms with Crippen LogP contribution in [-0.2, 0) is 0 Å². The van der Waals surface area contributed by atoms with Crippen LogP contribution in [-0.4, -0.2) is 27.9 Å². The first-order valence-corrected chi connectivity index (χ1v) is 5.41. The van der Waals surface area contributed by atoms with Crippen molar-refractivity contribution >= 4 is 28.2 Å². The smallest absolute Gasteiger partial charge is 0.356 e. The van der Waals surface area contributed by atoms with Gasteiger partial charge in [-0.15, -0.1) is 0 Å². The van der Waals surface area contributed by atoms with Gasteiger partial charge in [-0.2, -0.15) is 0 Å². The van der Waals surface area contributed by atoms with Crippen molar-refractivity contribution in [2.45, 2.75) is 25.8 Å². The van der Waals surface area contributed by atoms with Crippen molar-refractivity contribution in [3.8, 4) is 0 Å². The standard InChI is InChI=1S/C9H10N2O3S/c1-4(12)7-6(8(13)14)11-9(15-7)10-5-2-3-5/h5H,2-3H2,1H3,(H,10,11)(H,13,14). The van der Waals surface area contributed by atoms with Gasteiger partial charge in [-0.05, 0) is 12.8 Å². The van der Waals surface area contributed by atoms with Crippen LogP contribution >= 0.6 is 11.3 Å². The highest BCUT2D eigenvalue weighted by Gasteiger charge is 2.25. The number of anilines is 1. The van der Waals surface area contributed by atoms with E-state index in [1.807, 2.05) is 0 Å². The van der Waals surface area contributed by atoms with Crippen LogP contribution in [0.1, 0.15) is 39.9 Å². The number of aromatic nitrogens is 1. The third-order valence-corrected chi connectivity index (χ3v) is 3.14. The summed E-state index contributed by atoms with van der Waals surface area (Å²) in [7, 11) is 0. The van der Waals surface area contributed by atoms with Crippen LogP contribution in [0.5, 0.6) is 0 Å². The number of carbonyl (C=O) groups excluding carboxylic acids is 1. The summed E-state index contributed by atoms with van der Waals surface area (Å²) in [5.74, 6) is -1.41. The molecule has 1 heterocycles. The van der Waals surface area contributed by atoms with Crippen LogP contribution in [0.3, 0.4) is 0 Å². The topological polar surface area (TPSA) is 79.3 Å². The minimum Gasteiger partial charge on any atom is -0.476 e. The normalized spacial score (nSPS) is 15.0. The molecule has 0 spiro atoms. The lowest BCUT2D eigenvalue weighted by atomic mass is 10.3. The maximum atomic E-state index is 11.2. The van der Waals surface area contributed by atoms with E-state index in [1.54, 1.807) is 0 Å². The minimum atomic E-state index is -1.15. The fraction of sp³-hybridized carbons (Fsp3) is 0.444. The van der Waals surface area contributed by atoms with E-state index in [0.717, 1.165) is 24.2 Å². The first kappa shape index (κ1) is 10.1. The molecule has 5 nitrogen and oxygen atoms in total. The Hall–Kier alpha value is -1.43. The molecule has 0 saturated heterocycles. The van der Waals surface area contributed by atoms with Crippen molar-refractivity contribution in [3.63, 3.8) is 0 Å². The molecule has 1 aromatic heterocycles. The highest BCUT2D eigenvalue weighted by atomic mass is 32.1. The number of carboxylic acids is 1. The molecule has 2 rings (SSSR count). The Morgan fingerprint density at radius 2 is 2.20 bits per heavy atom. The van der Waals surface area contributed by atoms with E-state index >= 15 is 0 Å². The lowest BCUT2D eigenvalue weighted by molar-refractivity contribution is 0.0687. The Labute approximate surface area is 90.1 Å². The molecule has 15 heavy (non-hydrogen) atoms. The fourth-order valence-corrected chi connectivity index (χ4v) is 2.10. The largest absolute Gasteiger partial charge is 0.476 e. The molecule has 0 atom stereocenters. The summed E-state index contributed by atoms with van der Waals surface area (Å²) in [5.41, 5.74) is -0.143. The summed E-state index contributed by atoms with van der Waals surface area (Å²) in [4.78, 5) is 26.1. The zero-order valence-electron chi connectivity index (χ0n) is 8.11. The van der Waals surface area contributed by atoms with E-state index in [9.17, 15) is 9.59 Å². The maximum absolute atomic E-state index is 11.2. The molecule has 0 amide bonds. The molecular weight excluding hydrogens is 216 g/mol. The number of ketones is 1. The maximum Gasteiger partial charge on any atom is 0.356 e. The minimum absolute atomic E-state index is 0.143. The Morgan fingerprint density at radius 1 is 1.53 bits per heavy atom. The molecule has 80 valence electrons. The van der Waals surface area contributed by atoms with E-state index in [-0.39, 0.29) is 16.4 Å². The Balaban J connectivity index is 2.29. The molecule has 1 fully saturated rings. The van der Waals surface area contributed by atoms with Gasteiger partial charge in [0, 0.05) is 13.0 Å². The van der Waals surface area contributed by atoms with Gasteiger partial charge in [0.05, 0.1) is 0 Å². The molecule has 1 saturated carbocycles. The summed E-state index contributed by atoms with van der Waals surface area (Å²) in [6, 6.07) is 0.401. The summed E-state index contributed by atoms with van der Waals surface area (Å²) < 4.78 is 0. The van der Waals surface area contributed by atoms with Crippen LogP contribution < -0.4 is 5.32 Å². The number of aromatic carboxylic acids is 1. The number of carbonyl (C=O) groups is 2.